The van der Waals surface area contributed by atoms with Crippen molar-refractivity contribution in [3.8, 4) is 0 Å². The maximum Gasteiger partial charge on any atom is 0.127 e. The van der Waals surface area contributed by atoms with E-state index in [-0.39, 0.29) is 11.9 Å². The molecule has 1 N–H and O–H groups in total. The van der Waals surface area contributed by atoms with Crippen molar-refractivity contribution in [2.75, 3.05) is 12.8 Å². The molecule has 0 heterocycles. The second-order valence-electron chi connectivity index (χ2n) is 4.67. The van der Waals surface area contributed by atoms with E-state index in [4.69, 9.17) is 23.2 Å². The summed E-state index contributed by atoms with van der Waals surface area (Å²) in [5.74, 6) is 0.549. The number of likely N-dealkylation sites (N-methyl/N-ethyl adjacent to an activating group) is 1. The molecule has 2 rings (SSSR count). The zero-order valence-electron chi connectivity index (χ0n) is 11.6. The van der Waals surface area contributed by atoms with Crippen molar-refractivity contribution in [3.05, 3.63) is 63.9 Å². The van der Waals surface area contributed by atoms with Crippen LogP contribution in [0.15, 0.2) is 47.4 Å². The molecular weight excluding hydrogens is 328 g/mol. The van der Waals surface area contributed by atoms with Crippen molar-refractivity contribution in [2.45, 2.75) is 17.4 Å². The molecule has 2 aromatic carbocycles. The lowest BCUT2D eigenvalue weighted by Crippen LogP contribution is -2.30. The van der Waals surface area contributed by atoms with Crippen LogP contribution in [0.1, 0.15) is 5.56 Å². The predicted octanol–water partition coefficient (Wildman–Crippen LogP) is 5.06. The van der Waals surface area contributed by atoms with Crippen LogP contribution in [-0.4, -0.2) is 18.8 Å². The van der Waals surface area contributed by atoms with E-state index in [0.717, 1.165) is 15.7 Å². The molecule has 0 spiro atoms. The standard InChI is InChI=1S/C16H16Cl2FNS/c1-20-13(8-11-6-7-12(17)9-15(11)19)10-21-16-5-3-2-4-14(16)18/h2-7,9,13,20H,8,10H2,1H3. The van der Waals surface area contributed by atoms with Crippen LogP contribution in [-0.2, 0) is 6.42 Å². The summed E-state index contributed by atoms with van der Waals surface area (Å²) in [6, 6.07) is 12.7. The van der Waals surface area contributed by atoms with Gasteiger partial charge in [0.1, 0.15) is 5.82 Å². The van der Waals surface area contributed by atoms with Gasteiger partial charge in [-0.15, -0.1) is 11.8 Å². The van der Waals surface area contributed by atoms with E-state index in [9.17, 15) is 4.39 Å². The smallest absolute Gasteiger partial charge is 0.127 e. The normalized spacial score (nSPS) is 12.4. The maximum absolute atomic E-state index is 13.8. The molecule has 1 unspecified atom stereocenters. The number of halogens is 3. The highest BCUT2D eigenvalue weighted by molar-refractivity contribution is 7.99. The predicted molar refractivity (Wildman–Crippen MR) is 90.1 cm³/mol. The van der Waals surface area contributed by atoms with Crippen molar-refractivity contribution < 1.29 is 4.39 Å². The molecule has 0 saturated heterocycles. The lowest BCUT2D eigenvalue weighted by atomic mass is 10.1. The highest BCUT2D eigenvalue weighted by Crippen LogP contribution is 2.27. The molecule has 0 fully saturated rings. The SMILES string of the molecule is CNC(CSc1ccccc1Cl)Cc1ccc(Cl)cc1F. The van der Waals surface area contributed by atoms with Crippen molar-refractivity contribution in [1.82, 2.24) is 5.32 Å². The van der Waals surface area contributed by atoms with Gasteiger partial charge >= 0.3 is 0 Å². The van der Waals surface area contributed by atoms with Gasteiger partial charge in [-0.2, -0.15) is 0 Å². The Kier molecular flexibility index (Phi) is 6.37. The molecule has 1 atom stereocenters. The fourth-order valence-electron chi connectivity index (χ4n) is 1.95. The summed E-state index contributed by atoms with van der Waals surface area (Å²) >= 11 is 13.6. The highest BCUT2D eigenvalue weighted by atomic mass is 35.5. The van der Waals surface area contributed by atoms with Crippen LogP contribution >= 0.6 is 35.0 Å². The van der Waals surface area contributed by atoms with E-state index in [0.29, 0.717) is 17.0 Å². The number of benzene rings is 2. The third-order valence-corrected chi connectivity index (χ3v) is 5.08. The molecule has 0 aliphatic heterocycles. The number of thioether (sulfide) groups is 1. The minimum Gasteiger partial charge on any atom is -0.316 e. The quantitative estimate of drug-likeness (QED) is 0.736. The van der Waals surface area contributed by atoms with Crippen molar-refractivity contribution >= 4 is 35.0 Å². The molecular formula is C16H16Cl2FNS. The van der Waals surface area contributed by atoms with Crippen LogP contribution in [0.5, 0.6) is 0 Å². The summed E-state index contributed by atoms with van der Waals surface area (Å²) in [6.45, 7) is 0. The fraction of sp³-hybridized carbons (Fsp3) is 0.250. The second kappa shape index (κ2) is 8.04. The Morgan fingerprint density at radius 1 is 1.19 bits per heavy atom. The van der Waals surface area contributed by atoms with Gasteiger partial charge in [0.15, 0.2) is 0 Å². The second-order valence-corrected chi connectivity index (χ2v) is 6.57. The Labute approximate surface area is 138 Å². The van der Waals surface area contributed by atoms with E-state index >= 15 is 0 Å². The molecule has 0 aromatic heterocycles. The van der Waals surface area contributed by atoms with E-state index in [1.54, 1.807) is 23.9 Å². The molecule has 0 bridgehead atoms. The highest BCUT2D eigenvalue weighted by Gasteiger charge is 2.12. The van der Waals surface area contributed by atoms with Gasteiger partial charge in [0.25, 0.3) is 0 Å². The van der Waals surface area contributed by atoms with Gasteiger partial charge in [-0.3, -0.25) is 0 Å². The molecule has 21 heavy (non-hydrogen) atoms. The van der Waals surface area contributed by atoms with Crippen LogP contribution in [0.3, 0.4) is 0 Å². The minimum absolute atomic E-state index is 0.155. The van der Waals surface area contributed by atoms with Crippen molar-refractivity contribution in [3.63, 3.8) is 0 Å². The Morgan fingerprint density at radius 3 is 2.62 bits per heavy atom. The van der Waals surface area contributed by atoms with E-state index in [2.05, 4.69) is 5.32 Å². The maximum atomic E-state index is 13.8. The Morgan fingerprint density at radius 2 is 1.95 bits per heavy atom. The van der Waals surface area contributed by atoms with Gasteiger partial charge in [-0.25, -0.2) is 4.39 Å². The number of hydrogen-bond acceptors (Lipinski definition) is 2. The number of rotatable bonds is 6. The van der Waals surface area contributed by atoms with Crippen molar-refractivity contribution in [2.24, 2.45) is 0 Å². The molecule has 0 aliphatic carbocycles. The summed E-state index contributed by atoms with van der Waals surface area (Å²) in [5, 5.41) is 4.38. The van der Waals surface area contributed by atoms with Crippen LogP contribution in [0.4, 0.5) is 4.39 Å². The largest absolute Gasteiger partial charge is 0.316 e. The first-order chi connectivity index (χ1) is 10.1. The van der Waals surface area contributed by atoms with Gasteiger partial charge in [-0.1, -0.05) is 41.4 Å². The molecule has 0 radical (unpaired) electrons. The van der Waals surface area contributed by atoms with Crippen LogP contribution in [0.25, 0.3) is 0 Å². The van der Waals surface area contributed by atoms with Crippen LogP contribution in [0.2, 0.25) is 10.0 Å². The summed E-state index contributed by atoms with van der Waals surface area (Å²) in [5.41, 5.74) is 0.665. The average Bonchev–Trinajstić information content (AvgIpc) is 2.47. The lowest BCUT2D eigenvalue weighted by molar-refractivity contribution is 0.568. The fourth-order valence-corrected chi connectivity index (χ4v) is 3.45. The first-order valence-electron chi connectivity index (χ1n) is 6.58. The van der Waals surface area contributed by atoms with Gasteiger partial charge in [0.05, 0.1) is 5.02 Å². The zero-order valence-corrected chi connectivity index (χ0v) is 13.9. The Bertz CT molecular complexity index is 607. The molecule has 0 saturated carbocycles. The molecule has 0 amide bonds. The Hall–Kier alpha value is -0.740. The number of hydrogen-bond donors (Lipinski definition) is 1. The summed E-state index contributed by atoms with van der Waals surface area (Å²) < 4.78 is 13.8. The van der Waals surface area contributed by atoms with Gasteiger partial charge in [0, 0.05) is 21.7 Å². The van der Waals surface area contributed by atoms with Gasteiger partial charge in [-0.05, 0) is 43.3 Å². The van der Waals surface area contributed by atoms with E-state index in [1.807, 2.05) is 31.3 Å². The monoisotopic (exact) mass is 343 g/mol. The van der Waals surface area contributed by atoms with Gasteiger partial charge in [0.2, 0.25) is 0 Å². The first kappa shape index (κ1) is 16.6. The minimum atomic E-state index is -0.259. The van der Waals surface area contributed by atoms with E-state index < -0.39 is 0 Å². The third-order valence-electron chi connectivity index (χ3n) is 3.17. The van der Waals surface area contributed by atoms with Crippen LogP contribution in [0, 0.1) is 5.82 Å². The average molecular weight is 344 g/mol. The Balaban J connectivity index is 1.99. The molecule has 112 valence electrons. The molecule has 0 aliphatic rings. The topological polar surface area (TPSA) is 12.0 Å². The zero-order chi connectivity index (χ0) is 15.2. The van der Waals surface area contributed by atoms with Gasteiger partial charge < -0.3 is 5.32 Å². The lowest BCUT2D eigenvalue weighted by Gasteiger charge is -2.16. The first-order valence-corrected chi connectivity index (χ1v) is 8.33. The third kappa shape index (κ3) is 4.89. The molecule has 5 heteroatoms. The summed E-state index contributed by atoms with van der Waals surface area (Å²) in [6.07, 6.45) is 0.608. The van der Waals surface area contributed by atoms with Crippen molar-refractivity contribution in [1.29, 1.82) is 0 Å². The summed E-state index contributed by atoms with van der Waals surface area (Å²) in [4.78, 5) is 1.04. The summed E-state index contributed by atoms with van der Waals surface area (Å²) in [7, 11) is 1.88. The van der Waals surface area contributed by atoms with E-state index in [1.165, 1.54) is 6.07 Å². The van der Waals surface area contributed by atoms with Crippen LogP contribution < -0.4 is 5.32 Å². The number of nitrogens with one attached hydrogen (secondary N) is 1. The molecule has 1 nitrogen and oxygen atoms in total. The molecule has 2 aromatic rings.